The molecule has 0 saturated carbocycles. The predicted molar refractivity (Wildman–Crippen MR) is 91.4 cm³/mol. The summed E-state index contributed by atoms with van der Waals surface area (Å²) in [5, 5.41) is 3.93. The molecule has 0 aliphatic heterocycles. The normalized spacial score (nSPS) is 10.5. The maximum atomic E-state index is 12.2. The molecule has 22 heavy (non-hydrogen) atoms. The number of aryl methyl sites for hydroxylation is 2. The number of carbonyl (C=O) groups is 1. The van der Waals surface area contributed by atoms with Crippen molar-refractivity contribution in [2.24, 2.45) is 0 Å². The quantitative estimate of drug-likeness (QED) is 0.763. The molecular weight excluding hydrogens is 292 g/mol. The number of nitrogens with one attached hydrogen (secondary N) is 1. The molecule has 110 valence electrons. The fraction of sp³-hybridized carbons (Fsp3) is 0.111. The van der Waals surface area contributed by atoms with E-state index in [-0.39, 0.29) is 5.91 Å². The minimum atomic E-state index is -0.107. The highest BCUT2D eigenvalue weighted by atomic mass is 32.1. The molecule has 3 aromatic rings. The van der Waals surface area contributed by atoms with E-state index in [0.29, 0.717) is 5.56 Å². The van der Waals surface area contributed by atoms with E-state index in [2.05, 4.69) is 17.2 Å². The summed E-state index contributed by atoms with van der Waals surface area (Å²) in [4.78, 5) is 17.9. The van der Waals surface area contributed by atoms with Crippen LogP contribution in [0.3, 0.4) is 0 Å². The van der Waals surface area contributed by atoms with Gasteiger partial charge in [-0.1, -0.05) is 30.3 Å². The molecule has 3 rings (SSSR count). The Labute approximate surface area is 133 Å². The van der Waals surface area contributed by atoms with Crippen LogP contribution in [0.25, 0.3) is 11.3 Å². The van der Waals surface area contributed by atoms with Crippen molar-refractivity contribution in [1.29, 1.82) is 0 Å². The number of hydrogen-bond donors (Lipinski definition) is 1. The Morgan fingerprint density at radius 2 is 1.68 bits per heavy atom. The van der Waals surface area contributed by atoms with E-state index < -0.39 is 0 Å². The van der Waals surface area contributed by atoms with Crippen LogP contribution in [0, 0.1) is 13.8 Å². The van der Waals surface area contributed by atoms with Crippen LogP contribution in [-0.2, 0) is 0 Å². The standard InChI is InChI=1S/C18H16N2OS/c1-12-17(19-13(2)22-12)14-8-10-15(11-9-14)18(21)20-16-6-4-3-5-7-16/h3-11H,1-2H3,(H,20,21). The Kier molecular flexibility index (Phi) is 4.02. The number of hydrogen-bond acceptors (Lipinski definition) is 3. The molecule has 1 amide bonds. The number of aromatic nitrogens is 1. The Morgan fingerprint density at radius 3 is 2.27 bits per heavy atom. The third kappa shape index (κ3) is 3.07. The lowest BCUT2D eigenvalue weighted by atomic mass is 10.1. The fourth-order valence-corrected chi connectivity index (χ4v) is 3.14. The summed E-state index contributed by atoms with van der Waals surface area (Å²) in [7, 11) is 0. The van der Waals surface area contributed by atoms with Crippen LogP contribution < -0.4 is 5.32 Å². The summed E-state index contributed by atoms with van der Waals surface area (Å²) < 4.78 is 0. The number of thiazole rings is 1. The molecule has 4 heteroatoms. The van der Waals surface area contributed by atoms with Crippen molar-refractivity contribution in [3.05, 3.63) is 70.0 Å². The Bertz CT molecular complexity index is 792. The van der Waals surface area contributed by atoms with Crippen molar-refractivity contribution in [2.45, 2.75) is 13.8 Å². The number of anilines is 1. The zero-order valence-corrected chi connectivity index (χ0v) is 13.3. The smallest absolute Gasteiger partial charge is 0.255 e. The minimum absolute atomic E-state index is 0.107. The summed E-state index contributed by atoms with van der Waals surface area (Å²) in [6, 6.07) is 17.0. The van der Waals surface area contributed by atoms with Gasteiger partial charge in [0.25, 0.3) is 5.91 Å². The molecule has 0 radical (unpaired) electrons. The van der Waals surface area contributed by atoms with Gasteiger partial charge in [0.2, 0.25) is 0 Å². The van der Waals surface area contributed by atoms with Crippen molar-refractivity contribution in [1.82, 2.24) is 4.98 Å². The van der Waals surface area contributed by atoms with Gasteiger partial charge in [-0.05, 0) is 38.1 Å². The van der Waals surface area contributed by atoms with E-state index in [0.717, 1.165) is 22.0 Å². The zero-order valence-electron chi connectivity index (χ0n) is 12.5. The van der Waals surface area contributed by atoms with E-state index in [1.807, 2.05) is 61.5 Å². The van der Waals surface area contributed by atoms with Crippen LogP contribution in [0.1, 0.15) is 20.2 Å². The van der Waals surface area contributed by atoms with Gasteiger partial charge in [0.1, 0.15) is 0 Å². The van der Waals surface area contributed by atoms with Gasteiger partial charge in [-0.3, -0.25) is 4.79 Å². The van der Waals surface area contributed by atoms with Crippen molar-refractivity contribution >= 4 is 22.9 Å². The van der Waals surface area contributed by atoms with Crippen LogP contribution in [0.2, 0.25) is 0 Å². The van der Waals surface area contributed by atoms with E-state index in [1.54, 1.807) is 11.3 Å². The summed E-state index contributed by atoms with van der Waals surface area (Å²) >= 11 is 1.69. The minimum Gasteiger partial charge on any atom is -0.322 e. The number of nitrogens with zero attached hydrogens (tertiary/aromatic N) is 1. The van der Waals surface area contributed by atoms with E-state index in [4.69, 9.17) is 0 Å². The first kappa shape index (κ1) is 14.5. The molecule has 0 atom stereocenters. The molecule has 0 aliphatic carbocycles. The summed E-state index contributed by atoms with van der Waals surface area (Å²) in [5.41, 5.74) is 3.47. The van der Waals surface area contributed by atoms with E-state index in [1.165, 1.54) is 4.88 Å². The van der Waals surface area contributed by atoms with Crippen LogP contribution >= 0.6 is 11.3 Å². The maximum Gasteiger partial charge on any atom is 0.255 e. The average Bonchev–Trinajstić information content (AvgIpc) is 2.87. The first-order valence-corrected chi connectivity index (χ1v) is 7.86. The maximum absolute atomic E-state index is 12.2. The second kappa shape index (κ2) is 6.12. The van der Waals surface area contributed by atoms with Gasteiger partial charge in [0.15, 0.2) is 0 Å². The largest absolute Gasteiger partial charge is 0.322 e. The molecule has 0 bridgehead atoms. The first-order valence-electron chi connectivity index (χ1n) is 7.04. The number of carbonyl (C=O) groups excluding carboxylic acids is 1. The van der Waals surface area contributed by atoms with Gasteiger partial charge in [-0.15, -0.1) is 11.3 Å². The highest BCUT2D eigenvalue weighted by molar-refractivity contribution is 7.11. The van der Waals surface area contributed by atoms with Gasteiger partial charge >= 0.3 is 0 Å². The lowest BCUT2D eigenvalue weighted by Gasteiger charge is -2.06. The molecule has 0 saturated heterocycles. The van der Waals surface area contributed by atoms with Crippen LogP contribution in [0.4, 0.5) is 5.69 Å². The second-order valence-electron chi connectivity index (χ2n) is 5.04. The topological polar surface area (TPSA) is 42.0 Å². The molecule has 1 aromatic heterocycles. The van der Waals surface area contributed by atoms with Gasteiger partial charge in [0.05, 0.1) is 10.7 Å². The Morgan fingerprint density at radius 1 is 1.00 bits per heavy atom. The van der Waals surface area contributed by atoms with Gasteiger partial charge < -0.3 is 5.32 Å². The molecule has 0 unspecified atom stereocenters. The molecule has 3 nitrogen and oxygen atoms in total. The SMILES string of the molecule is Cc1nc(-c2ccc(C(=O)Nc3ccccc3)cc2)c(C)s1. The highest BCUT2D eigenvalue weighted by Crippen LogP contribution is 2.27. The van der Waals surface area contributed by atoms with E-state index >= 15 is 0 Å². The molecule has 1 N–H and O–H groups in total. The third-order valence-electron chi connectivity index (χ3n) is 3.36. The third-order valence-corrected chi connectivity index (χ3v) is 4.24. The molecule has 2 aromatic carbocycles. The van der Waals surface area contributed by atoms with Crippen LogP contribution in [0.5, 0.6) is 0 Å². The predicted octanol–water partition coefficient (Wildman–Crippen LogP) is 4.68. The number of benzene rings is 2. The lowest BCUT2D eigenvalue weighted by Crippen LogP contribution is -2.11. The van der Waals surface area contributed by atoms with Crippen molar-refractivity contribution in [3.8, 4) is 11.3 Å². The Balaban J connectivity index is 1.79. The van der Waals surface area contributed by atoms with Gasteiger partial charge in [-0.25, -0.2) is 4.98 Å². The Hall–Kier alpha value is -2.46. The second-order valence-corrected chi connectivity index (χ2v) is 6.44. The van der Waals surface area contributed by atoms with Gasteiger partial charge in [0, 0.05) is 21.7 Å². The average molecular weight is 308 g/mol. The molecule has 0 aliphatic rings. The summed E-state index contributed by atoms with van der Waals surface area (Å²) in [6.07, 6.45) is 0. The van der Waals surface area contributed by atoms with Crippen LogP contribution in [-0.4, -0.2) is 10.9 Å². The lowest BCUT2D eigenvalue weighted by molar-refractivity contribution is 0.102. The number of para-hydroxylation sites is 1. The summed E-state index contributed by atoms with van der Waals surface area (Å²) in [6.45, 7) is 4.07. The summed E-state index contributed by atoms with van der Waals surface area (Å²) in [5.74, 6) is -0.107. The first-order chi connectivity index (χ1) is 10.6. The molecule has 0 spiro atoms. The van der Waals surface area contributed by atoms with Crippen molar-refractivity contribution in [2.75, 3.05) is 5.32 Å². The fourth-order valence-electron chi connectivity index (χ4n) is 2.30. The zero-order chi connectivity index (χ0) is 15.5. The molecular formula is C18H16N2OS. The molecule has 0 fully saturated rings. The van der Waals surface area contributed by atoms with Crippen molar-refractivity contribution in [3.63, 3.8) is 0 Å². The highest BCUT2D eigenvalue weighted by Gasteiger charge is 2.10. The monoisotopic (exact) mass is 308 g/mol. The van der Waals surface area contributed by atoms with Crippen LogP contribution in [0.15, 0.2) is 54.6 Å². The van der Waals surface area contributed by atoms with Crippen molar-refractivity contribution < 1.29 is 4.79 Å². The van der Waals surface area contributed by atoms with E-state index in [9.17, 15) is 4.79 Å². The number of amides is 1. The number of rotatable bonds is 3. The molecule has 1 heterocycles. The van der Waals surface area contributed by atoms with Gasteiger partial charge in [-0.2, -0.15) is 0 Å².